The lowest BCUT2D eigenvalue weighted by Crippen LogP contribution is -1.73. The van der Waals surface area contributed by atoms with Gasteiger partial charge in [0.05, 0.1) is 10.6 Å². The Morgan fingerprint density at radius 1 is 1.07 bits per heavy atom. The van der Waals surface area contributed by atoms with Gasteiger partial charge in [0.15, 0.2) is 0 Å². The van der Waals surface area contributed by atoms with Crippen molar-refractivity contribution >= 4 is 23.1 Å². The Bertz CT molecular complexity index is 446. The number of thioether (sulfide) groups is 1. The maximum atomic E-state index is 3.16. The predicted molar refractivity (Wildman–Crippen MR) is 68.4 cm³/mol. The number of thiophene rings is 1. The third kappa shape index (κ3) is 3.47. The molecule has 1 aromatic carbocycles. The van der Waals surface area contributed by atoms with Crippen LogP contribution in [0.1, 0.15) is 4.88 Å². The van der Waals surface area contributed by atoms with E-state index in [0.717, 1.165) is 10.6 Å². The van der Waals surface area contributed by atoms with E-state index in [9.17, 15) is 0 Å². The molecule has 0 atom stereocenters. The van der Waals surface area contributed by atoms with Gasteiger partial charge in [-0.25, -0.2) is 0 Å². The zero-order chi connectivity index (χ0) is 10.3. The van der Waals surface area contributed by atoms with Gasteiger partial charge in [-0.2, -0.15) is 0 Å². The van der Waals surface area contributed by atoms with Gasteiger partial charge >= 0.3 is 0 Å². The molecule has 0 radical (unpaired) electrons. The fraction of sp³-hybridized carbons (Fsp3) is 0.0769. The smallest absolute Gasteiger partial charge is 0.0768 e. The van der Waals surface area contributed by atoms with Crippen molar-refractivity contribution in [3.63, 3.8) is 0 Å². The van der Waals surface area contributed by atoms with Gasteiger partial charge < -0.3 is 0 Å². The van der Waals surface area contributed by atoms with Crippen LogP contribution < -0.4 is 0 Å². The van der Waals surface area contributed by atoms with Crippen LogP contribution in [0.5, 0.6) is 0 Å². The van der Waals surface area contributed by atoms with Crippen molar-refractivity contribution in [2.75, 3.05) is 5.75 Å². The van der Waals surface area contributed by atoms with Gasteiger partial charge in [0, 0.05) is 4.90 Å². The van der Waals surface area contributed by atoms with Crippen LogP contribution in [-0.2, 0) is 0 Å². The molecule has 0 aliphatic heterocycles. The number of benzene rings is 1. The molecular weight excluding hydrogens is 220 g/mol. The molecular formula is C13H10S2. The average Bonchev–Trinajstić information content (AvgIpc) is 2.79. The molecule has 0 fully saturated rings. The summed E-state index contributed by atoms with van der Waals surface area (Å²) in [5.41, 5.74) is 0. The van der Waals surface area contributed by atoms with Gasteiger partial charge in [0.25, 0.3) is 0 Å². The van der Waals surface area contributed by atoms with E-state index in [0.29, 0.717) is 0 Å². The molecule has 1 aromatic heterocycles. The molecule has 0 N–H and O–H groups in total. The Morgan fingerprint density at radius 3 is 2.67 bits per heavy atom. The Balaban J connectivity index is 1.85. The summed E-state index contributed by atoms with van der Waals surface area (Å²) in [7, 11) is 0. The Hall–Kier alpha value is -1.17. The van der Waals surface area contributed by atoms with Crippen LogP contribution in [0.25, 0.3) is 0 Å². The lowest BCUT2D eigenvalue weighted by molar-refractivity contribution is 1.46. The van der Waals surface area contributed by atoms with Crippen molar-refractivity contribution in [3.05, 3.63) is 52.7 Å². The topological polar surface area (TPSA) is 0 Å². The van der Waals surface area contributed by atoms with E-state index < -0.39 is 0 Å². The van der Waals surface area contributed by atoms with E-state index in [2.05, 4.69) is 36.1 Å². The first kappa shape index (κ1) is 10.4. The van der Waals surface area contributed by atoms with Crippen LogP contribution in [0, 0.1) is 11.8 Å². The van der Waals surface area contributed by atoms with E-state index in [1.54, 1.807) is 23.1 Å². The lowest BCUT2D eigenvalue weighted by Gasteiger charge is -1.93. The maximum Gasteiger partial charge on any atom is 0.0768 e. The van der Waals surface area contributed by atoms with E-state index in [1.165, 1.54) is 4.90 Å². The zero-order valence-electron chi connectivity index (χ0n) is 8.14. The van der Waals surface area contributed by atoms with Crippen LogP contribution in [-0.4, -0.2) is 5.75 Å². The summed E-state index contributed by atoms with van der Waals surface area (Å²) >= 11 is 3.46. The third-order valence-electron chi connectivity index (χ3n) is 1.79. The molecule has 0 aliphatic rings. The molecule has 0 nitrogen and oxygen atoms in total. The predicted octanol–water partition coefficient (Wildman–Crippen LogP) is 3.89. The fourth-order valence-corrected chi connectivity index (χ4v) is 2.36. The summed E-state index contributed by atoms with van der Waals surface area (Å²) in [6.45, 7) is 0. The Labute approximate surface area is 98.3 Å². The van der Waals surface area contributed by atoms with Crippen LogP contribution in [0.4, 0.5) is 0 Å². The van der Waals surface area contributed by atoms with Gasteiger partial charge in [0.1, 0.15) is 0 Å². The van der Waals surface area contributed by atoms with Crippen LogP contribution in [0.3, 0.4) is 0 Å². The molecule has 74 valence electrons. The molecule has 0 bridgehead atoms. The third-order valence-corrected chi connectivity index (χ3v) is 3.47. The summed E-state index contributed by atoms with van der Waals surface area (Å²) < 4.78 is 0. The lowest BCUT2D eigenvalue weighted by atomic mass is 10.4. The normalized spacial score (nSPS) is 9.33. The second-order valence-corrected chi connectivity index (χ2v) is 4.88. The number of hydrogen-bond donors (Lipinski definition) is 0. The second-order valence-electron chi connectivity index (χ2n) is 2.88. The maximum absolute atomic E-state index is 3.16. The second kappa shape index (κ2) is 5.65. The average molecular weight is 230 g/mol. The summed E-state index contributed by atoms with van der Waals surface area (Å²) in [5.74, 6) is 7.15. The highest BCUT2D eigenvalue weighted by Crippen LogP contribution is 2.15. The SMILES string of the molecule is C(#Cc1cccs1)CSc1ccccc1. The number of rotatable bonds is 2. The number of hydrogen-bond acceptors (Lipinski definition) is 2. The minimum Gasteiger partial charge on any atom is -0.135 e. The van der Waals surface area contributed by atoms with Gasteiger partial charge in [-0.15, -0.1) is 23.1 Å². The highest BCUT2D eigenvalue weighted by molar-refractivity contribution is 7.99. The largest absolute Gasteiger partial charge is 0.135 e. The first-order valence-electron chi connectivity index (χ1n) is 4.65. The van der Waals surface area contributed by atoms with Crippen molar-refractivity contribution in [3.8, 4) is 11.8 Å². The summed E-state index contributed by atoms with van der Waals surface area (Å²) in [6, 6.07) is 14.4. The summed E-state index contributed by atoms with van der Waals surface area (Å²) in [4.78, 5) is 2.42. The zero-order valence-corrected chi connectivity index (χ0v) is 9.78. The van der Waals surface area contributed by atoms with E-state index in [1.807, 2.05) is 23.6 Å². The van der Waals surface area contributed by atoms with Gasteiger partial charge in [-0.1, -0.05) is 36.1 Å². The van der Waals surface area contributed by atoms with Crippen molar-refractivity contribution < 1.29 is 0 Å². The minimum atomic E-state index is 0.849. The molecule has 0 saturated carbocycles. The Morgan fingerprint density at radius 2 is 1.93 bits per heavy atom. The molecule has 0 saturated heterocycles. The van der Waals surface area contributed by atoms with Crippen molar-refractivity contribution in [2.24, 2.45) is 0 Å². The van der Waals surface area contributed by atoms with Crippen LogP contribution >= 0.6 is 23.1 Å². The fourth-order valence-electron chi connectivity index (χ4n) is 1.11. The first-order valence-corrected chi connectivity index (χ1v) is 6.52. The van der Waals surface area contributed by atoms with E-state index in [-0.39, 0.29) is 0 Å². The molecule has 0 unspecified atom stereocenters. The van der Waals surface area contributed by atoms with Crippen LogP contribution in [0.15, 0.2) is 52.7 Å². The Kier molecular flexibility index (Phi) is 3.90. The quantitative estimate of drug-likeness (QED) is 0.557. The van der Waals surface area contributed by atoms with Crippen LogP contribution in [0.2, 0.25) is 0 Å². The first-order chi connectivity index (χ1) is 7.45. The summed E-state index contributed by atoms with van der Waals surface area (Å²) in [6.07, 6.45) is 0. The molecule has 15 heavy (non-hydrogen) atoms. The highest BCUT2D eigenvalue weighted by Gasteiger charge is 1.88. The van der Waals surface area contributed by atoms with E-state index >= 15 is 0 Å². The molecule has 0 amide bonds. The molecule has 2 aromatic rings. The van der Waals surface area contributed by atoms with E-state index in [4.69, 9.17) is 0 Å². The van der Waals surface area contributed by atoms with Crippen molar-refractivity contribution in [1.82, 2.24) is 0 Å². The highest BCUT2D eigenvalue weighted by atomic mass is 32.2. The summed E-state index contributed by atoms with van der Waals surface area (Å²) in [5, 5.41) is 2.05. The van der Waals surface area contributed by atoms with Gasteiger partial charge in [-0.05, 0) is 23.6 Å². The molecule has 2 heteroatoms. The van der Waals surface area contributed by atoms with Gasteiger partial charge in [-0.3, -0.25) is 0 Å². The molecule has 0 aliphatic carbocycles. The molecule has 0 spiro atoms. The molecule has 2 rings (SSSR count). The van der Waals surface area contributed by atoms with Gasteiger partial charge in [0.2, 0.25) is 0 Å². The minimum absolute atomic E-state index is 0.849. The standard InChI is InChI=1S/C13H10S2/c1-2-6-12(7-3-1)14-10-4-8-13-9-5-11-15-13/h1-3,5-7,9,11H,10H2. The monoisotopic (exact) mass is 230 g/mol. The van der Waals surface area contributed by atoms with Crippen molar-refractivity contribution in [2.45, 2.75) is 4.90 Å². The molecule has 1 heterocycles. The van der Waals surface area contributed by atoms with Crippen molar-refractivity contribution in [1.29, 1.82) is 0 Å².